The molecular formula is C21H24N4O3S. The van der Waals surface area contributed by atoms with E-state index in [4.69, 9.17) is 9.26 Å². The zero-order chi connectivity index (χ0) is 19.6. The first-order chi connectivity index (χ1) is 14.3. The minimum absolute atomic E-state index is 0.0982. The summed E-state index contributed by atoms with van der Waals surface area (Å²) in [4.78, 5) is 24.1. The Morgan fingerprint density at radius 2 is 2.03 bits per heavy atom. The fraction of sp³-hybridized carbons (Fsp3) is 0.524. The van der Waals surface area contributed by atoms with Gasteiger partial charge < -0.3 is 14.2 Å². The normalized spacial score (nSPS) is 20.6. The summed E-state index contributed by atoms with van der Waals surface area (Å²) in [5.41, 5.74) is 1.01. The van der Waals surface area contributed by atoms with Crippen molar-refractivity contribution >= 4 is 27.5 Å². The number of amides is 1. The standard InChI is InChI=1S/C21H24N4O3S/c26-19(8-7-18-22-15-4-1-2-6-17(15)29-18)25-11-3-5-16(25)21-23-20(24-28-21)14-9-12-27-13-10-14/h1-2,4,6,14,16H,3,5,7-13H2. The molecule has 5 rings (SSSR count). The summed E-state index contributed by atoms with van der Waals surface area (Å²) in [6, 6.07) is 7.99. The molecule has 29 heavy (non-hydrogen) atoms. The lowest BCUT2D eigenvalue weighted by molar-refractivity contribution is -0.132. The molecule has 2 aromatic heterocycles. The molecule has 8 heteroatoms. The van der Waals surface area contributed by atoms with Crippen LogP contribution < -0.4 is 0 Å². The van der Waals surface area contributed by atoms with Gasteiger partial charge in [0.1, 0.15) is 6.04 Å². The summed E-state index contributed by atoms with van der Waals surface area (Å²) in [6.45, 7) is 2.24. The van der Waals surface area contributed by atoms with Crippen LogP contribution in [0.4, 0.5) is 0 Å². The Kier molecular flexibility index (Phi) is 5.28. The predicted octanol–water partition coefficient (Wildman–Crippen LogP) is 3.87. The van der Waals surface area contributed by atoms with E-state index in [1.165, 1.54) is 4.70 Å². The molecule has 2 aliphatic heterocycles. The van der Waals surface area contributed by atoms with Gasteiger partial charge in [-0.2, -0.15) is 4.98 Å². The van der Waals surface area contributed by atoms with Crippen molar-refractivity contribution in [2.75, 3.05) is 19.8 Å². The summed E-state index contributed by atoms with van der Waals surface area (Å²) in [5, 5.41) is 5.22. The van der Waals surface area contributed by atoms with E-state index < -0.39 is 0 Å². The van der Waals surface area contributed by atoms with Gasteiger partial charge in [0.2, 0.25) is 11.8 Å². The molecule has 0 bridgehead atoms. The second kappa shape index (κ2) is 8.20. The molecule has 2 aliphatic rings. The molecule has 1 aromatic carbocycles. The monoisotopic (exact) mass is 412 g/mol. The van der Waals surface area contributed by atoms with Crippen LogP contribution in [0.25, 0.3) is 10.2 Å². The molecular weight excluding hydrogens is 388 g/mol. The topological polar surface area (TPSA) is 81.4 Å². The van der Waals surface area contributed by atoms with Gasteiger partial charge >= 0.3 is 0 Å². The molecule has 0 N–H and O–H groups in total. The lowest BCUT2D eigenvalue weighted by Gasteiger charge is -2.22. The van der Waals surface area contributed by atoms with Gasteiger partial charge in [0.15, 0.2) is 5.82 Å². The van der Waals surface area contributed by atoms with E-state index in [2.05, 4.69) is 21.2 Å². The van der Waals surface area contributed by atoms with Gasteiger partial charge in [-0.1, -0.05) is 17.3 Å². The van der Waals surface area contributed by atoms with Crippen molar-refractivity contribution < 1.29 is 14.1 Å². The molecule has 4 heterocycles. The van der Waals surface area contributed by atoms with Crippen LogP contribution in [0.1, 0.15) is 60.8 Å². The summed E-state index contributed by atoms with van der Waals surface area (Å²) >= 11 is 1.67. The van der Waals surface area contributed by atoms with E-state index in [1.54, 1.807) is 11.3 Å². The molecule has 0 aliphatic carbocycles. The molecule has 7 nitrogen and oxygen atoms in total. The van der Waals surface area contributed by atoms with Gasteiger partial charge in [0.25, 0.3) is 0 Å². The zero-order valence-corrected chi connectivity index (χ0v) is 17.1. The van der Waals surface area contributed by atoms with Crippen LogP contribution in [0.3, 0.4) is 0 Å². The first kappa shape index (κ1) is 18.7. The summed E-state index contributed by atoms with van der Waals surface area (Å²) < 4.78 is 12.2. The number of nitrogens with zero attached hydrogens (tertiary/aromatic N) is 4. The van der Waals surface area contributed by atoms with E-state index in [-0.39, 0.29) is 11.9 Å². The number of aryl methyl sites for hydroxylation is 1. The Morgan fingerprint density at radius 3 is 2.90 bits per heavy atom. The van der Waals surface area contributed by atoms with Crippen LogP contribution in [0.5, 0.6) is 0 Å². The minimum atomic E-state index is -0.0982. The van der Waals surface area contributed by atoms with Crippen molar-refractivity contribution in [1.82, 2.24) is 20.0 Å². The van der Waals surface area contributed by atoms with Crippen LogP contribution in [0.15, 0.2) is 28.8 Å². The average Bonchev–Trinajstić information content (AvgIpc) is 3.51. The Morgan fingerprint density at radius 1 is 1.17 bits per heavy atom. The van der Waals surface area contributed by atoms with Gasteiger partial charge in [-0.05, 0) is 37.8 Å². The molecule has 2 saturated heterocycles. The minimum Gasteiger partial charge on any atom is -0.381 e. The first-order valence-corrected chi connectivity index (χ1v) is 11.1. The molecule has 0 saturated carbocycles. The van der Waals surface area contributed by atoms with Crippen molar-refractivity contribution in [2.45, 2.75) is 50.5 Å². The third-order valence-corrected chi connectivity index (χ3v) is 6.89. The Hall–Kier alpha value is -2.32. The number of fused-ring (bicyclic) bond motifs is 1. The number of thiazole rings is 1. The third-order valence-electron chi connectivity index (χ3n) is 5.79. The molecule has 0 radical (unpaired) electrons. The van der Waals surface area contributed by atoms with Gasteiger partial charge in [-0.15, -0.1) is 11.3 Å². The highest BCUT2D eigenvalue weighted by molar-refractivity contribution is 7.18. The predicted molar refractivity (Wildman–Crippen MR) is 109 cm³/mol. The summed E-state index contributed by atoms with van der Waals surface area (Å²) in [7, 11) is 0. The second-order valence-electron chi connectivity index (χ2n) is 7.70. The van der Waals surface area contributed by atoms with Crippen molar-refractivity contribution in [3.63, 3.8) is 0 Å². The summed E-state index contributed by atoms with van der Waals surface area (Å²) in [5.74, 6) is 1.78. The number of ether oxygens (including phenoxy) is 1. The van der Waals surface area contributed by atoms with Gasteiger partial charge in [0, 0.05) is 38.5 Å². The number of benzene rings is 1. The van der Waals surface area contributed by atoms with E-state index in [9.17, 15) is 4.79 Å². The van der Waals surface area contributed by atoms with Gasteiger partial charge in [-0.25, -0.2) is 4.98 Å². The lowest BCUT2D eigenvalue weighted by atomic mass is 10.00. The maximum absolute atomic E-state index is 12.9. The first-order valence-electron chi connectivity index (χ1n) is 10.3. The molecule has 1 unspecified atom stereocenters. The third kappa shape index (κ3) is 3.91. The van der Waals surface area contributed by atoms with Crippen molar-refractivity contribution in [3.05, 3.63) is 41.0 Å². The maximum Gasteiger partial charge on any atom is 0.249 e. The van der Waals surface area contributed by atoms with Crippen molar-refractivity contribution in [3.8, 4) is 0 Å². The number of carbonyl (C=O) groups is 1. The molecule has 1 amide bonds. The fourth-order valence-electron chi connectivity index (χ4n) is 4.21. The zero-order valence-electron chi connectivity index (χ0n) is 16.2. The van der Waals surface area contributed by atoms with Crippen molar-refractivity contribution in [2.24, 2.45) is 0 Å². The molecule has 1 atom stereocenters. The maximum atomic E-state index is 12.9. The number of likely N-dealkylation sites (tertiary alicyclic amines) is 1. The van der Waals surface area contributed by atoms with Gasteiger partial charge in [0.05, 0.1) is 15.2 Å². The SMILES string of the molecule is O=C(CCc1nc2ccccc2s1)N1CCCC1c1nc(C2CCOCC2)no1. The van der Waals surface area contributed by atoms with E-state index in [0.29, 0.717) is 24.7 Å². The summed E-state index contributed by atoms with van der Waals surface area (Å²) in [6.07, 6.45) is 4.81. The fourth-order valence-corrected chi connectivity index (χ4v) is 5.18. The quantitative estimate of drug-likeness (QED) is 0.633. The number of rotatable bonds is 5. The Labute approximate surface area is 173 Å². The number of aromatic nitrogens is 3. The van der Waals surface area contributed by atoms with E-state index in [1.807, 2.05) is 23.1 Å². The Balaban J connectivity index is 1.24. The average molecular weight is 413 g/mol. The lowest BCUT2D eigenvalue weighted by Crippen LogP contribution is -2.31. The van der Waals surface area contributed by atoms with Crippen LogP contribution in [-0.4, -0.2) is 45.7 Å². The molecule has 3 aromatic rings. The van der Waals surface area contributed by atoms with Crippen LogP contribution in [0, 0.1) is 0 Å². The number of hydrogen-bond acceptors (Lipinski definition) is 7. The number of hydrogen-bond donors (Lipinski definition) is 0. The van der Waals surface area contributed by atoms with Crippen LogP contribution in [0.2, 0.25) is 0 Å². The van der Waals surface area contributed by atoms with E-state index >= 15 is 0 Å². The molecule has 152 valence electrons. The molecule has 2 fully saturated rings. The van der Waals surface area contributed by atoms with Gasteiger partial charge in [-0.3, -0.25) is 4.79 Å². The highest BCUT2D eigenvalue weighted by Gasteiger charge is 2.34. The molecule has 0 spiro atoms. The van der Waals surface area contributed by atoms with Crippen LogP contribution in [-0.2, 0) is 16.0 Å². The largest absolute Gasteiger partial charge is 0.381 e. The number of carbonyl (C=O) groups excluding carboxylic acids is 1. The van der Waals surface area contributed by atoms with E-state index in [0.717, 1.165) is 61.8 Å². The smallest absolute Gasteiger partial charge is 0.249 e. The van der Waals surface area contributed by atoms with Crippen LogP contribution >= 0.6 is 11.3 Å². The van der Waals surface area contributed by atoms with Crippen molar-refractivity contribution in [1.29, 1.82) is 0 Å². The second-order valence-corrected chi connectivity index (χ2v) is 8.81. The number of para-hydroxylation sites is 1. The Bertz CT molecular complexity index is 962. The highest BCUT2D eigenvalue weighted by atomic mass is 32.1. The highest BCUT2D eigenvalue weighted by Crippen LogP contribution is 2.33.